The Hall–Kier alpha value is -1.65. The summed E-state index contributed by atoms with van der Waals surface area (Å²) in [6.07, 6.45) is 3.24. The Bertz CT molecular complexity index is 270. The molecule has 0 saturated heterocycles. The van der Waals surface area contributed by atoms with E-state index >= 15 is 0 Å². The van der Waals surface area contributed by atoms with Crippen molar-refractivity contribution in [2.24, 2.45) is 0 Å². The molecule has 1 rings (SSSR count). The van der Waals surface area contributed by atoms with Crippen LogP contribution in [0.1, 0.15) is 0 Å². The zero-order valence-corrected chi connectivity index (χ0v) is 10.5. The molecule has 0 radical (unpaired) electrons. The second-order valence-corrected chi connectivity index (χ2v) is 3.35. The number of carbonyl (C=O) groups excluding carboxylic acids is 1. The van der Waals surface area contributed by atoms with Crippen LogP contribution in [0.25, 0.3) is 0 Å². The fourth-order valence-corrected chi connectivity index (χ4v) is 0.614. The average Bonchev–Trinajstić information content (AvgIpc) is 2.71. The quantitative estimate of drug-likeness (QED) is 0.513. The zero-order valence-electron chi connectivity index (χ0n) is 10.5. The number of nitrogens with zero attached hydrogens (tertiary/aromatic N) is 3. The first-order valence-corrected chi connectivity index (χ1v) is 4.75. The van der Waals surface area contributed by atoms with Crippen LogP contribution in [0.4, 0.5) is 22.1 Å². The van der Waals surface area contributed by atoms with Crippen LogP contribution in [0.2, 0.25) is 0 Å². The summed E-state index contributed by atoms with van der Waals surface area (Å²) in [7, 11) is 1.11. The number of carbonyl (C=O) groups is 1. The Kier molecular flexibility index (Phi) is 9.76. The Balaban J connectivity index is 0. The second-order valence-electron chi connectivity index (χ2n) is 3.35. The predicted octanol–water partition coefficient (Wildman–Crippen LogP) is -0.0828. The summed E-state index contributed by atoms with van der Waals surface area (Å²) in [6, 6.07) is 0.102. The predicted molar refractivity (Wildman–Crippen MR) is 58.5 cm³/mol. The third-order valence-corrected chi connectivity index (χ3v) is 1.17. The Morgan fingerprint density at radius 1 is 1.28 bits per heavy atom. The number of aromatic nitrogens is 3. The molecule has 0 aliphatic heterocycles. The first-order chi connectivity index (χ1) is 8.05. The first-order valence-electron chi connectivity index (χ1n) is 4.75. The average molecular weight is 273 g/mol. The Labute approximate surface area is 102 Å². The Morgan fingerprint density at radius 3 is 1.78 bits per heavy atom. The number of hydrogen-bond acceptors (Lipinski definition) is 3. The van der Waals surface area contributed by atoms with Gasteiger partial charge in [0.05, 0.1) is 20.3 Å². The molecule has 0 fully saturated rings. The molecule has 0 aliphatic rings. The van der Waals surface area contributed by atoms with Crippen LogP contribution in [-0.2, 0) is 0 Å². The highest BCUT2D eigenvalue weighted by atomic mass is 19.5. The summed E-state index contributed by atoms with van der Waals surface area (Å²) in [4.78, 5) is 13.1. The molecule has 2 N–H and O–H groups in total. The SMILES string of the molecule is CN(C)C(=O)[NH+](C)C.F[B-](F)(F)F.c1c[nH]nn1. The number of hydrogen-bond donors (Lipinski definition) is 2. The maximum Gasteiger partial charge on any atom is 0.673 e. The molecule has 106 valence electrons. The van der Waals surface area contributed by atoms with Crippen molar-refractivity contribution in [3.8, 4) is 0 Å². The standard InChI is InChI=1S/C5H12N2O.C2H3N3.BF4/c1-6(2)5(8)7(3)4;1-2-4-5-3-1;2-1(3,4)5/h1-4H3;1-2H,(H,3,4,5);/q;;-1/p+1. The van der Waals surface area contributed by atoms with Gasteiger partial charge in [0.2, 0.25) is 0 Å². The lowest BCUT2D eigenvalue weighted by Gasteiger charge is -2.10. The summed E-state index contributed by atoms with van der Waals surface area (Å²) >= 11 is 0. The minimum absolute atomic E-state index is 0.102. The van der Waals surface area contributed by atoms with E-state index in [1.165, 1.54) is 0 Å². The summed E-state index contributed by atoms with van der Waals surface area (Å²) in [6.45, 7) is 0. The van der Waals surface area contributed by atoms with Gasteiger partial charge in [0.15, 0.2) is 0 Å². The molecule has 0 spiro atoms. The van der Waals surface area contributed by atoms with Crippen molar-refractivity contribution < 1.29 is 27.0 Å². The Morgan fingerprint density at radius 2 is 1.72 bits per heavy atom. The minimum atomic E-state index is -6.00. The molecule has 6 nitrogen and oxygen atoms in total. The van der Waals surface area contributed by atoms with Crippen molar-refractivity contribution in [3.05, 3.63) is 12.4 Å². The molecule has 0 bridgehead atoms. The van der Waals surface area contributed by atoms with Gasteiger partial charge in [-0.2, -0.15) is 0 Å². The lowest BCUT2D eigenvalue weighted by Crippen LogP contribution is -3.10. The smallest absolute Gasteiger partial charge is 0.418 e. The summed E-state index contributed by atoms with van der Waals surface area (Å²) in [5.41, 5.74) is 0. The molecule has 18 heavy (non-hydrogen) atoms. The van der Waals surface area contributed by atoms with Crippen molar-refractivity contribution in [1.82, 2.24) is 20.3 Å². The van der Waals surface area contributed by atoms with E-state index in [-0.39, 0.29) is 6.03 Å². The summed E-state index contributed by atoms with van der Waals surface area (Å²) in [5, 5.41) is 9.26. The fourth-order valence-electron chi connectivity index (χ4n) is 0.614. The van der Waals surface area contributed by atoms with Crippen LogP contribution in [0, 0.1) is 0 Å². The molecule has 1 aromatic heterocycles. The van der Waals surface area contributed by atoms with Crippen LogP contribution in [0.3, 0.4) is 0 Å². The largest absolute Gasteiger partial charge is 0.673 e. The van der Waals surface area contributed by atoms with Crippen LogP contribution in [0.15, 0.2) is 12.4 Å². The van der Waals surface area contributed by atoms with E-state index in [1.54, 1.807) is 31.4 Å². The van der Waals surface area contributed by atoms with E-state index in [2.05, 4.69) is 15.4 Å². The lowest BCUT2D eigenvalue weighted by atomic mass is 10.3. The summed E-state index contributed by atoms with van der Waals surface area (Å²) in [5.74, 6) is 0. The third-order valence-electron chi connectivity index (χ3n) is 1.17. The number of aromatic amines is 1. The van der Waals surface area contributed by atoms with Gasteiger partial charge in [-0.3, -0.25) is 14.9 Å². The highest BCUT2D eigenvalue weighted by molar-refractivity contribution is 6.50. The van der Waals surface area contributed by atoms with Crippen LogP contribution in [0.5, 0.6) is 0 Å². The number of urea groups is 1. The molecule has 0 aliphatic carbocycles. The molecule has 11 heteroatoms. The fraction of sp³-hybridized carbons (Fsp3) is 0.571. The van der Waals surface area contributed by atoms with Crippen LogP contribution >= 0.6 is 0 Å². The molecular formula is C7H16BF4N5O. The van der Waals surface area contributed by atoms with Gasteiger partial charge in [-0.25, -0.2) is 4.79 Å². The number of nitrogens with one attached hydrogen (secondary N) is 2. The van der Waals surface area contributed by atoms with Crippen LogP contribution in [-0.4, -0.2) is 61.8 Å². The van der Waals surface area contributed by atoms with Crippen molar-refractivity contribution in [3.63, 3.8) is 0 Å². The van der Waals surface area contributed by atoms with E-state index < -0.39 is 7.25 Å². The van der Waals surface area contributed by atoms with Crippen molar-refractivity contribution >= 4 is 13.3 Å². The number of rotatable bonds is 0. The molecule has 2 amide bonds. The van der Waals surface area contributed by atoms with Gasteiger partial charge in [0.25, 0.3) is 0 Å². The number of amides is 2. The van der Waals surface area contributed by atoms with Crippen molar-refractivity contribution in [2.45, 2.75) is 0 Å². The van der Waals surface area contributed by atoms with E-state index in [0.29, 0.717) is 0 Å². The van der Waals surface area contributed by atoms with Gasteiger partial charge >= 0.3 is 13.3 Å². The van der Waals surface area contributed by atoms with E-state index in [1.807, 2.05) is 14.1 Å². The van der Waals surface area contributed by atoms with Gasteiger partial charge in [0.1, 0.15) is 0 Å². The topological polar surface area (TPSA) is 66.3 Å². The van der Waals surface area contributed by atoms with E-state index in [9.17, 15) is 22.1 Å². The molecular weight excluding hydrogens is 257 g/mol. The molecule has 0 atom stereocenters. The monoisotopic (exact) mass is 273 g/mol. The van der Waals surface area contributed by atoms with E-state index in [4.69, 9.17) is 0 Å². The molecule has 0 aromatic carbocycles. The van der Waals surface area contributed by atoms with Crippen LogP contribution < -0.4 is 4.90 Å². The van der Waals surface area contributed by atoms with Gasteiger partial charge in [-0.15, -0.1) is 5.10 Å². The molecule has 0 unspecified atom stereocenters. The van der Waals surface area contributed by atoms with Gasteiger partial charge in [-0.05, 0) is 0 Å². The molecule has 0 saturated carbocycles. The number of H-pyrrole nitrogens is 1. The van der Waals surface area contributed by atoms with Gasteiger partial charge < -0.3 is 17.3 Å². The minimum Gasteiger partial charge on any atom is -0.418 e. The molecule has 1 aromatic rings. The van der Waals surface area contributed by atoms with Crippen molar-refractivity contribution in [1.29, 1.82) is 0 Å². The second kappa shape index (κ2) is 9.39. The zero-order chi connectivity index (χ0) is 14.8. The normalized spacial score (nSPS) is 9.83. The van der Waals surface area contributed by atoms with E-state index in [0.717, 1.165) is 4.90 Å². The highest BCUT2D eigenvalue weighted by Crippen LogP contribution is 2.06. The first kappa shape index (κ1) is 18.7. The third kappa shape index (κ3) is 19.9. The van der Waals surface area contributed by atoms with Gasteiger partial charge in [-0.1, -0.05) is 5.21 Å². The van der Waals surface area contributed by atoms with Crippen molar-refractivity contribution in [2.75, 3.05) is 28.2 Å². The van der Waals surface area contributed by atoms with Gasteiger partial charge in [0, 0.05) is 20.3 Å². The summed E-state index contributed by atoms with van der Waals surface area (Å²) < 4.78 is 39.0. The number of halogens is 4. The lowest BCUT2D eigenvalue weighted by molar-refractivity contribution is -0.772. The number of quaternary nitrogens is 1. The molecule has 1 heterocycles. The maximum absolute atomic E-state index is 10.7. The highest BCUT2D eigenvalue weighted by Gasteiger charge is 2.20. The maximum atomic E-state index is 10.7.